The van der Waals surface area contributed by atoms with Gasteiger partial charge in [0.05, 0.1) is 13.2 Å². The summed E-state index contributed by atoms with van der Waals surface area (Å²) in [6, 6.07) is 12.1. The van der Waals surface area contributed by atoms with E-state index in [2.05, 4.69) is 71.1 Å². The average molecular weight is 426 g/mol. The first-order chi connectivity index (χ1) is 14.5. The van der Waals surface area contributed by atoms with Gasteiger partial charge in [-0.2, -0.15) is 0 Å². The van der Waals surface area contributed by atoms with Crippen LogP contribution >= 0.6 is 0 Å². The van der Waals surface area contributed by atoms with Crippen molar-refractivity contribution in [2.45, 2.75) is 85.3 Å². The third-order valence-electron chi connectivity index (χ3n) is 5.73. The van der Waals surface area contributed by atoms with E-state index in [1.165, 1.54) is 5.56 Å². The minimum atomic E-state index is -0.536. The van der Waals surface area contributed by atoms with Gasteiger partial charge in [0, 0.05) is 0 Å². The van der Waals surface area contributed by atoms with Crippen LogP contribution in [0.25, 0.3) is 0 Å². The summed E-state index contributed by atoms with van der Waals surface area (Å²) in [4.78, 5) is 13.0. The monoisotopic (exact) mass is 425 g/mol. The first-order valence-corrected chi connectivity index (χ1v) is 11.2. The highest BCUT2D eigenvalue weighted by Gasteiger charge is 2.23. The number of nitrogens with one attached hydrogen (secondary N) is 1. The zero-order chi connectivity index (χ0) is 23.3. The number of carbonyl (C=O) groups is 1. The standard InChI is InChI=1S/C27H39NO3/c1-10-24(31-21-13-11-20(12-14-21)27(6,7)8)26(29)28-19(5)23-16-22(17(2)3)25(30-9)15-18(23)4/h11-17,19,24H,10H2,1-9H3,(H,28,29)/t19-,24+/m1/s1. The van der Waals surface area contributed by atoms with Gasteiger partial charge in [-0.25, -0.2) is 0 Å². The molecule has 4 heteroatoms. The Labute approximate surface area is 188 Å². The number of benzene rings is 2. The number of rotatable bonds is 8. The van der Waals surface area contributed by atoms with E-state index in [0.717, 1.165) is 22.4 Å². The number of aryl methyl sites for hydroxylation is 1. The van der Waals surface area contributed by atoms with Crippen LogP contribution in [0.2, 0.25) is 0 Å². The van der Waals surface area contributed by atoms with Crippen molar-refractivity contribution >= 4 is 5.91 Å². The van der Waals surface area contributed by atoms with E-state index in [-0.39, 0.29) is 17.4 Å². The zero-order valence-electron chi connectivity index (χ0n) is 20.6. The lowest BCUT2D eigenvalue weighted by Crippen LogP contribution is -2.39. The van der Waals surface area contributed by atoms with E-state index in [1.54, 1.807) is 7.11 Å². The summed E-state index contributed by atoms with van der Waals surface area (Å²) in [5.74, 6) is 1.84. The maximum absolute atomic E-state index is 13.0. The van der Waals surface area contributed by atoms with Gasteiger partial charge in [0.25, 0.3) is 5.91 Å². The maximum atomic E-state index is 13.0. The smallest absolute Gasteiger partial charge is 0.261 e. The molecule has 2 aromatic rings. The van der Waals surface area contributed by atoms with Crippen molar-refractivity contribution in [1.29, 1.82) is 0 Å². The second-order valence-corrected chi connectivity index (χ2v) is 9.62. The van der Waals surface area contributed by atoms with Crippen LogP contribution in [0.15, 0.2) is 36.4 Å². The van der Waals surface area contributed by atoms with Gasteiger partial charge >= 0.3 is 0 Å². The lowest BCUT2D eigenvalue weighted by molar-refractivity contribution is -0.128. The Hall–Kier alpha value is -2.49. The highest BCUT2D eigenvalue weighted by molar-refractivity contribution is 5.81. The predicted molar refractivity (Wildman–Crippen MR) is 128 cm³/mol. The van der Waals surface area contributed by atoms with E-state index in [9.17, 15) is 4.79 Å². The maximum Gasteiger partial charge on any atom is 0.261 e. The first-order valence-electron chi connectivity index (χ1n) is 11.2. The highest BCUT2D eigenvalue weighted by Crippen LogP contribution is 2.32. The summed E-state index contributed by atoms with van der Waals surface area (Å²) in [6.07, 6.45) is 0.0596. The summed E-state index contributed by atoms with van der Waals surface area (Å²) in [7, 11) is 1.70. The molecular formula is C27H39NO3. The van der Waals surface area contributed by atoms with Crippen LogP contribution in [0.1, 0.15) is 89.1 Å². The molecule has 1 amide bonds. The van der Waals surface area contributed by atoms with Crippen molar-refractivity contribution in [2.24, 2.45) is 0 Å². The number of methoxy groups -OCH3 is 1. The largest absolute Gasteiger partial charge is 0.496 e. The van der Waals surface area contributed by atoms with Gasteiger partial charge in [0.2, 0.25) is 0 Å². The van der Waals surface area contributed by atoms with Crippen molar-refractivity contribution in [3.63, 3.8) is 0 Å². The van der Waals surface area contributed by atoms with Gasteiger partial charge in [0.1, 0.15) is 11.5 Å². The lowest BCUT2D eigenvalue weighted by atomic mass is 9.87. The van der Waals surface area contributed by atoms with Crippen molar-refractivity contribution in [3.8, 4) is 11.5 Å². The fourth-order valence-electron chi connectivity index (χ4n) is 3.71. The molecule has 0 bridgehead atoms. The van der Waals surface area contributed by atoms with Gasteiger partial charge < -0.3 is 14.8 Å². The first kappa shape index (κ1) is 24.8. The molecule has 0 fully saturated rings. The molecule has 0 heterocycles. The molecule has 0 unspecified atom stereocenters. The van der Waals surface area contributed by atoms with Gasteiger partial charge in [-0.15, -0.1) is 0 Å². The molecule has 0 spiro atoms. The van der Waals surface area contributed by atoms with E-state index in [1.807, 2.05) is 26.0 Å². The fourth-order valence-corrected chi connectivity index (χ4v) is 3.71. The Morgan fingerprint density at radius 3 is 2.13 bits per heavy atom. The Balaban J connectivity index is 2.14. The normalized spacial score (nSPS) is 13.6. The van der Waals surface area contributed by atoms with E-state index < -0.39 is 6.10 Å². The number of hydrogen-bond donors (Lipinski definition) is 1. The average Bonchev–Trinajstić information content (AvgIpc) is 2.70. The highest BCUT2D eigenvalue weighted by atomic mass is 16.5. The third kappa shape index (κ3) is 6.25. The molecule has 4 nitrogen and oxygen atoms in total. The molecule has 0 radical (unpaired) electrons. The van der Waals surface area contributed by atoms with Crippen molar-refractivity contribution < 1.29 is 14.3 Å². The molecule has 2 rings (SSSR count). The van der Waals surface area contributed by atoms with Crippen LogP contribution in [0.5, 0.6) is 11.5 Å². The van der Waals surface area contributed by atoms with Crippen LogP contribution in [-0.4, -0.2) is 19.1 Å². The minimum absolute atomic E-state index is 0.0839. The van der Waals surface area contributed by atoms with Gasteiger partial charge in [-0.05, 0) is 78.1 Å². The van der Waals surface area contributed by atoms with Crippen LogP contribution in [0.4, 0.5) is 0 Å². The van der Waals surface area contributed by atoms with E-state index in [0.29, 0.717) is 18.1 Å². The van der Waals surface area contributed by atoms with Gasteiger partial charge in [0.15, 0.2) is 6.10 Å². The van der Waals surface area contributed by atoms with Crippen LogP contribution in [0.3, 0.4) is 0 Å². The minimum Gasteiger partial charge on any atom is -0.496 e. The third-order valence-corrected chi connectivity index (χ3v) is 5.73. The zero-order valence-corrected chi connectivity index (χ0v) is 20.6. The van der Waals surface area contributed by atoms with Crippen LogP contribution in [0, 0.1) is 6.92 Å². The summed E-state index contributed by atoms with van der Waals surface area (Å²) in [5, 5.41) is 3.14. The molecule has 170 valence electrons. The lowest BCUT2D eigenvalue weighted by Gasteiger charge is -2.24. The van der Waals surface area contributed by atoms with Crippen LogP contribution < -0.4 is 14.8 Å². The summed E-state index contributed by atoms with van der Waals surface area (Å²) in [5.41, 5.74) is 4.66. The SMILES string of the molecule is CC[C@H](Oc1ccc(C(C)(C)C)cc1)C(=O)N[C@H](C)c1cc(C(C)C)c(OC)cc1C. The predicted octanol–water partition coefficient (Wildman–Crippen LogP) is 6.46. The topological polar surface area (TPSA) is 47.6 Å². The van der Waals surface area contributed by atoms with Crippen molar-refractivity contribution in [3.05, 3.63) is 58.7 Å². The van der Waals surface area contributed by atoms with Gasteiger partial charge in [-0.1, -0.05) is 53.7 Å². The summed E-state index contributed by atoms with van der Waals surface area (Å²) < 4.78 is 11.6. The second-order valence-electron chi connectivity index (χ2n) is 9.62. The summed E-state index contributed by atoms with van der Waals surface area (Å²) in [6.45, 7) is 16.9. The molecule has 0 saturated heterocycles. The van der Waals surface area contributed by atoms with Crippen molar-refractivity contribution in [1.82, 2.24) is 5.32 Å². The molecule has 2 atom stereocenters. The Bertz CT molecular complexity index is 879. The molecule has 0 saturated carbocycles. The van der Waals surface area contributed by atoms with E-state index in [4.69, 9.17) is 9.47 Å². The molecule has 0 aliphatic heterocycles. The number of carbonyl (C=O) groups excluding carboxylic acids is 1. The molecule has 0 aliphatic carbocycles. The van der Waals surface area contributed by atoms with Crippen LogP contribution in [-0.2, 0) is 10.2 Å². The molecule has 2 aromatic carbocycles. The Morgan fingerprint density at radius 2 is 1.65 bits per heavy atom. The second kappa shape index (κ2) is 10.2. The van der Waals surface area contributed by atoms with Gasteiger partial charge in [-0.3, -0.25) is 4.79 Å². The summed E-state index contributed by atoms with van der Waals surface area (Å²) >= 11 is 0. The Kier molecular flexibility index (Phi) is 8.16. The number of amides is 1. The molecule has 0 aliphatic rings. The Morgan fingerprint density at radius 1 is 1.03 bits per heavy atom. The molecule has 31 heavy (non-hydrogen) atoms. The molecular weight excluding hydrogens is 386 g/mol. The molecule has 0 aromatic heterocycles. The van der Waals surface area contributed by atoms with E-state index >= 15 is 0 Å². The molecule has 1 N–H and O–H groups in total. The number of ether oxygens (including phenoxy) is 2. The quantitative estimate of drug-likeness (QED) is 0.528. The van der Waals surface area contributed by atoms with Crippen molar-refractivity contribution in [2.75, 3.05) is 7.11 Å². The fraction of sp³-hybridized carbons (Fsp3) is 0.519. The number of hydrogen-bond acceptors (Lipinski definition) is 3.